The van der Waals surface area contributed by atoms with Crippen LogP contribution in [0, 0.1) is 18.3 Å². The van der Waals surface area contributed by atoms with E-state index >= 15 is 0 Å². The van der Waals surface area contributed by atoms with E-state index in [2.05, 4.69) is 0 Å². The van der Waals surface area contributed by atoms with Crippen LogP contribution in [0.1, 0.15) is 11.1 Å². The van der Waals surface area contributed by atoms with Gasteiger partial charge in [-0.3, -0.25) is 0 Å². The number of benzene rings is 1. The van der Waals surface area contributed by atoms with E-state index in [4.69, 9.17) is 22.6 Å². The molecule has 3 heteroatoms. The molecule has 0 heterocycles. The van der Waals surface area contributed by atoms with Crippen molar-refractivity contribution < 1.29 is 0 Å². The molecule has 0 aliphatic carbocycles. The molecule has 0 atom stereocenters. The Morgan fingerprint density at radius 1 is 1.62 bits per heavy atom. The van der Waals surface area contributed by atoms with Gasteiger partial charge in [-0.05, 0) is 24.6 Å². The second-order valence-corrected chi connectivity index (χ2v) is 3.12. The molecule has 0 spiro atoms. The molecule has 0 fully saturated rings. The first-order valence-electron chi connectivity index (χ1n) is 3.77. The molecule has 0 aromatic heterocycles. The summed E-state index contributed by atoms with van der Waals surface area (Å²) >= 11 is 5.80. The average Bonchev–Trinajstić information content (AvgIpc) is 2.09. The number of allylic oxidation sites excluding steroid dienone is 1. The van der Waals surface area contributed by atoms with Crippen LogP contribution < -0.4 is 5.73 Å². The summed E-state index contributed by atoms with van der Waals surface area (Å²) < 4.78 is 0. The van der Waals surface area contributed by atoms with Gasteiger partial charge in [0.1, 0.15) is 0 Å². The molecule has 2 nitrogen and oxygen atoms in total. The average molecular weight is 193 g/mol. The van der Waals surface area contributed by atoms with E-state index in [1.807, 2.05) is 19.1 Å². The summed E-state index contributed by atoms with van der Waals surface area (Å²) in [5, 5.41) is 9.04. The van der Waals surface area contributed by atoms with E-state index in [0.717, 1.165) is 11.1 Å². The summed E-state index contributed by atoms with van der Waals surface area (Å²) in [5.41, 5.74) is 7.92. The maximum Gasteiger partial charge on any atom is 0.0933 e. The lowest BCUT2D eigenvalue weighted by molar-refractivity contribution is 1.39. The molecule has 0 aliphatic rings. The molecule has 13 heavy (non-hydrogen) atoms. The third-order valence-corrected chi connectivity index (χ3v) is 1.97. The number of hydrogen-bond acceptors (Lipinski definition) is 2. The summed E-state index contributed by atoms with van der Waals surface area (Å²) in [6.07, 6.45) is 1.30. The molecule has 1 aromatic carbocycles. The number of nitriles is 1. The fourth-order valence-electron chi connectivity index (χ4n) is 1.05. The molecular weight excluding hydrogens is 184 g/mol. The largest absolute Gasteiger partial charge is 0.398 e. The zero-order valence-electron chi connectivity index (χ0n) is 7.21. The third kappa shape index (κ3) is 2.24. The molecule has 0 amide bonds. The predicted octanol–water partition coefficient (Wildman–Crippen LogP) is 2.47. The Labute approximate surface area is 82.2 Å². The summed E-state index contributed by atoms with van der Waals surface area (Å²) in [6.45, 7) is 1.92. The number of nitrogens with zero attached hydrogens (tertiary/aromatic N) is 1. The van der Waals surface area contributed by atoms with Crippen molar-refractivity contribution in [3.8, 4) is 6.07 Å². The fourth-order valence-corrected chi connectivity index (χ4v) is 1.22. The highest BCUT2D eigenvalue weighted by atomic mass is 35.5. The number of aryl methyl sites for hydroxylation is 1. The van der Waals surface area contributed by atoms with Crippen molar-refractivity contribution >= 4 is 17.3 Å². The first-order valence-corrected chi connectivity index (χ1v) is 4.14. The van der Waals surface area contributed by atoms with E-state index in [9.17, 15) is 0 Å². The quantitative estimate of drug-likeness (QED) is 0.695. The molecule has 0 aliphatic heterocycles. The van der Waals surface area contributed by atoms with E-state index < -0.39 is 0 Å². The van der Waals surface area contributed by atoms with Crippen LogP contribution >= 0.6 is 11.6 Å². The Morgan fingerprint density at radius 3 is 2.92 bits per heavy atom. The fraction of sp³-hybridized carbons (Fsp3) is 0.100. The van der Waals surface area contributed by atoms with Crippen molar-refractivity contribution in [2.24, 2.45) is 5.73 Å². The SMILES string of the molecule is Cc1ccc(Cl)cc1/C(N)=C/C#N. The van der Waals surface area contributed by atoms with Crippen LogP contribution in [0.15, 0.2) is 24.3 Å². The van der Waals surface area contributed by atoms with Gasteiger partial charge in [0.05, 0.1) is 6.07 Å². The maximum absolute atomic E-state index is 8.42. The first kappa shape index (κ1) is 9.63. The Kier molecular flexibility index (Phi) is 2.94. The van der Waals surface area contributed by atoms with E-state index in [0.29, 0.717) is 10.7 Å². The molecule has 1 aromatic rings. The van der Waals surface area contributed by atoms with E-state index in [-0.39, 0.29) is 0 Å². The number of halogens is 1. The Bertz CT molecular complexity index is 388. The lowest BCUT2D eigenvalue weighted by atomic mass is 10.1. The third-order valence-electron chi connectivity index (χ3n) is 1.73. The summed E-state index contributed by atoms with van der Waals surface area (Å²) in [7, 11) is 0. The molecule has 0 saturated carbocycles. The van der Waals surface area contributed by atoms with Gasteiger partial charge >= 0.3 is 0 Å². The normalized spacial score (nSPS) is 11.0. The van der Waals surface area contributed by atoms with Crippen LogP contribution in [0.4, 0.5) is 0 Å². The van der Waals surface area contributed by atoms with Crippen molar-refractivity contribution in [2.75, 3.05) is 0 Å². The van der Waals surface area contributed by atoms with Crippen molar-refractivity contribution in [1.82, 2.24) is 0 Å². The number of hydrogen-bond donors (Lipinski definition) is 1. The molecule has 0 unspecified atom stereocenters. The monoisotopic (exact) mass is 192 g/mol. The second-order valence-electron chi connectivity index (χ2n) is 2.69. The molecule has 0 radical (unpaired) electrons. The Balaban J connectivity index is 3.22. The van der Waals surface area contributed by atoms with Gasteiger partial charge in [0.15, 0.2) is 0 Å². The molecule has 1 rings (SSSR count). The van der Waals surface area contributed by atoms with Crippen LogP contribution in [0.5, 0.6) is 0 Å². The standard InChI is InChI=1S/C10H9ClN2/c1-7-2-3-8(11)6-9(7)10(13)4-5-12/h2-4,6H,13H2,1H3/b10-4-. The highest BCUT2D eigenvalue weighted by Gasteiger charge is 2.01. The zero-order valence-corrected chi connectivity index (χ0v) is 7.97. The minimum atomic E-state index is 0.447. The summed E-state index contributed by atoms with van der Waals surface area (Å²) in [5.74, 6) is 0. The zero-order chi connectivity index (χ0) is 9.84. The van der Waals surface area contributed by atoms with E-state index in [1.54, 1.807) is 12.1 Å². The van der Waals surface area contributed by atoms with Gasteiger partial charge in [0, 0.05) is 22.4 Å². The molecule has 0 bridgehead atoms. The van der Waals surface area contributed by atoms with Crippen LogP contribution in [-0.2, 0) is 0 Å². The van der Waals surface area contributed by atoms with Gasteiger partial charge in [-0.2, -0.15) is 5.26 Å². The molecular formula is C10H9ClN2. The van der Waals surface area contributed by atoms with Gasteiger partial charge in [-0.25, -0.2) is 0 Å². The highest BCUT2D eigenvalue weighted by Crippen LogP contribution is 2.19. The van der Waals surface area contributed by atoms with Crippen molar-refractivity contribution in [1.29, 1.82) is 5.26 Å². The Morgan fingerprint density at radius 2 is 2.31 bits per heavy atom. The topological polar surface area (TPSA) is 49.8 Å². The van der Waals surface area contributed by atoms with Crippen molar-refractivity contribution in [2.45, 2.75) is 6.92 Å². The van der Waals surface area contributed by atoms with E-state index in [1.165, 1.54) is 6.08 Å². The Hall–Kier alpha value is -1.46. The van der Waals surface area contributed by atoms with Gasteiger partial charge < -0.3 is 5.73 Å². The minimum Gasteiger partial charge on any atom is -0.398 e. The van der Waals surface area contributed by atoms with Crippen molar-refractivity contribution in [3.63, 3.8) is 0 Å². The maximum atomic E-state index is 8.42. The van der Waals surface area contributed by atoms with Crippen LogP contribution in [0.3, 0.4) is 0 Å². The van der Waals surface area contributed by atoms with Gasteiger partial charge in [-0.15, -0.1) is 0 Å². The predicted molar refractivity (Wildman–Crippen MR) is 54.0 cm³/mol. The lowest BCUT2D eigenvalue weighted by Gasteiger charge is -2.04. The lowest BCUT2D eigenvalue weighted by Crippen LogP contribution is -1.98. The smallest absolute Gasteiger partial charge is 0.0933 e. The minimum absolute atomic E-state index is 0.447. The first-order chi connectivity index (χ1) is 6.15. The summed E-state index contributed by atoms with van der Waals surface area (Å²) in [6, 6.07) is 7.30. The van der Waals surface area contributed by atoms with Crippen LogP contribution in [0.25, 0.3) is 5.70 Å². The van der Waals surface area contributed by atoms with Crippen molar-refractivity contribution in [3.05, 3.63) is 40.4 Å². The molecule has 66 valence electrons. The van der Waals surface area contributed by atoms with Crippen LogP contribution in [-0.4, -0.2) is 0 Å². The van der Waals surface area contributed by atoms with Gasteiger partial charge in [0.2, 0.25) is 0 Å². The van der Waals surface area contributed by atoms with Gasteiger partial charge in [-0.1, -0.05) is 17.7 Å². The number of rotatable bonds is 1. The highest BCUT2D eigenvalue weighted by molar-refractivity contribution is 6.30. The van der Waals surface area contributed by atoms with Crippen LogP contribution in [0.2, 0.25) is 5.02 Å². The summed E-state index contributed by atoms with van der Waals surface area (Å²) in [4.78, 5) is 0. The molecule has 0 saturated heterocycles. The molecule has 2 N–H and O–H groups in total. The second kappa shape index (κ2) is 3.97. The van der Waals surface area contributed by atoms with Gasteiger partial charge in [0.25, 0.3) is 0 Å². The number of nitrogens with two attached hydrogens (primary N) is 1.